The van der Waals surface area contributed by atoms with Crippen LogP contribution in [-0.2, 0) is 10.0 Å². The number of benzene rings is 2. The highest BCUT2D eigenvalue weighted by Crippen LogP contribution is 2.18. The van der Waals surface area contributed by atoms with Gasteiger partial charge >= 0.3 is 0 Å². The fourth-order valence-corrected chi connectivity index (χ4v) is 3.27. The molecule has 1 aromatic heterocycles. The Hall–Kier alpha value is -2.57. The van der Waals surface area contributed by atoms with E-state index in [1.807, 2.05) is 19.1 Å². The zero-order valence-electron chi connectivity index (χ0n) is 13.4. The van der Waals surface area contributed by atoms with E-state index in [4.69, 9.17) is 11.6 Å². The van der Waals surface area contributed by atoms with Crippen molar-refractivity contribution in [3.05, 3.63) is 82.5 Å². The Labute approximate surface area is 151 Å². The Balaban J connectivity index is 1.79. The van der Waals surface area contributed by atoms with Crippen LogP contribution >= 0.6 is 11.6 Å². The van der Waals surface area contributed by atoms with Crippen LogP contribution in [-0.4, -0.2) is 18.2 Å². The van der Waals surface area contributed by atoms with E-state index in [-0.39, 0.29) is 0 Å². The molecule has 0 unspecified atom stereocenters. The second-order valence-electron chi connectivity index (χ2n) is 5.44. The SMILES string of the molecule is Cc1ccnn1-c1cccc(NS(=O)(=O)/C=C/c2ccc(Cl)cc2)c1. The lowest BCUT2D eigenvalue weighted by atomic mass is 10.2. The molecule has 0 saturated heterocycles. The molecule has 128 valence electrons. The quantitative estimate of drug-likeness (QED) is 0.727. The second kappa shape index (κ2) is 7.13. The summed E-state index contributed by atoms with van der Waals surface area (Å²) in [6.45, 7) is 1.93. The van der Waals surface area contributed by atoms with Crippen LogP contribution < -0.4 is 4.72 Å². The van der Waals surface area contributed by atoms with E-state index in [1.54, 1.807) is 53.3 Å². The number of rotatable bonds is 5. The number of aryl methyl sites for hydroxylation is 1. The van der Waals surface area contributed by atoms with E-state index in [1.165, 1.54) is 6.08 Å². The van der Waals surface area contributed by atoms with Gasteiger partial charge in [0.2, 0.25) is 0 Å². The van der Waals surface area contributed by atoms with Crippen molar-refractivity contribution in [3.63, 3.8) is 0 Å². The standard InChI is InChI=1S/C18H16ClN3O2S/c1-14-9-11-20-22(14)18-4-2-3-17(13-18)21-25(23,24)12-10-15-5-7-16(19)8-6-15/h2-13,21H,1H3/b12-10+. The van der Waals surface area contributed by atoms with Gasteiger partial charge in [-0.15, -0.1) is 0 Å². The Morgan fingerprint density at radius 3 is 2.56 bits per heavy atom. The van der Waals surface area contributed by atoms with Gasteiger partial charge in [0.15, 0.2) is 0 Å². The Bertz CT molecular complexity index is 1010. The number of nitrogens with one attached hydrogen (secondary N) is 1. The first-order chi connectivity index (χ1) is 11.9. The van der Waals surface area contributed by atoms with Gasteiger partial charge in [0.05, 0.1) is 16.8 Å². The molecule has 25 heavy (non-hydrogen) atoms. The van der Waals surface area contributed by atoms with Gasteiger partial charge in [-0.05, 0) is 55.0 Å². The lowest BCUT2D eigenvalue weighted by Gasteiger charge is -2.08. The molecule has 1 N–H and O–H groups in total. The average Bonchev–Trinajstić information content (AvgIpc) is 3.00. The van der Waals surface area contributed by atoms with Gasteiger partial charge in [0.25, 0.3) is 10.0 Å². The molecule has 0 radical (unpaired) electrons. The summed E-state index contributed by atoms with van der Waals surface area (Å²) in [6, 6.07) is 15.8. The van der Waals surface area contributed by atoms with Gasteiger partial charge in [-0.3, -0.25) is 4.72 Å². The molecule has 1 heterocycles. The summed E-state index contributed by atoms with van der Waals surface area (Å²) in [6.07, 6.45) is 3.21. The first kappa shape index (κ1) is 17.3. The molecule has 3 aromatic rings. The minimum Gasteiger partial charge on any atom is -0.280 e. The van der Waals surface area contributed by atoms with E-state index in [9.17, 15) is 8.42 Å². The molecule has 0 saturated carbocycles. The number of anilines is 1. The van der Waals surface area contributed by atoms with Crippen LogP contribution in [0.4, 0.5) is 5.69 Å². The lowest BCUT2D eigenvalue weighted by Crippen LogP contribution is -2.09. The van der Waals surface area contributed by atoms with Gasteiger partial charge in [0.1, 0.15) is 0 Å². The third-order valence-corrected chi connectivity index (χ3v) is 4.76. The fraction of sp³-hybridized carbons (Fsp3) is 0.0556. The van der Waals surface area contributed by atoms with Crippen molar-refractivity contribution in [1.29, 1.82) is 0 Å². The molecule has 0 aliphatic carbocycles. The molecule has 0 bridgehead atoms. The molecule has 0 fully saturated rings. The summed E-state index contributed by atoms with van der Waals surface area (Å²) >= 11 is 5.82. The maximum atomic E-state index is 12.3. The van der Waals surface area contributed by atoms with Crippen LogP contribution in [0, 0.1) is 6.92 Å². The topological polar surface area (TPSA) is 64.0 Å². The summed E-state index contributed by atoms with van der Waals surface area (Å²) < 4.78 is 28.8. The summed E-state index contributed by atoms with van der Waals surface area (Å²) in [5.74, 6) is 0. The van der Waals surface area contributed by atoms with Crippen molar-refractivity contribution >= 4 is 33.4 Å². The van der Waals surface area contributed by atoms with Crippen LogP contribution in [0.5, 0.6) is 0 Å². The highest BCUT2D eigenvalue weighted by Gasteiger charge is 2.08. The van der Waals surface area contributed by atoms with E-state index >= 15 is 0 Å². The normalized spacial score (nSPS) is 11.8. The minimum absolute atomic E-state index is 0.466. The molecule has 0 atom stereocenters. The highest BCUT2D eigenvalue weighted by atomic mass is 35.5. The predicted molar refractivity (Wildman–Crippen MR) is 101 cm³/mol. The van der Waals surface area contributed by atoms with E-state index < -0.39 is 10.0 Å². The third kappa shape index (κ3) is 4.49. The maximum Gasteiger partial charge on any atom is 0.255 e. The Morgan fingerprint density at radius 2 is 1.88 bits per heavy atom. The van der Waals surface area contributed by atoms with E-state index in [2.05, 4.69) is 9.82 Å². The molecule has 0 aliphatic heterocycles. The predicted octanol–water partition coefficient (Wildman–Crippen LogP) is 4.25. The van der Waals surface area contributed by atoms with Crippen molar-refractivity contribution in [2.45, 2.75) is 6.92 Å². The second-order valence-corrected chi connectivity index (χ2v) is 7.44. The number of nitrogens with zero attached hydrogens (tertiary/aromatic N) is 2. The van der Waals surface area contributed by atoms with Gasteiger partial charge in [-0.1, -0.05) is 29.8 Å². The lowest BCUT2D eigenvalue weighted by molar-refractivity contribution is 0.609. The molecule has 5 nitrogen and oxygen atoms in total. The summed E-state index contributed by atoms with van der Waals surface area (Å²) in [4.78, 5) is 0. The molecule has 0 aliphatic rings. The van der Waals surface area contributed by atoms with Crippen molar-refractivity contribution in [2.75, 3.05) is 4.72 Å². The smallest absolute Gasteiger partial charge is 0.255 e. The molecule has 2 aromatic carbocycles. The molecule has 0 amide bonds. The van der Waals surface area contributed by atoms with Crippen molar-refractivity contribution in [3.8, 4) is 5.69 Å². The van der Waals surface area contributed by atoms with E-state index in [0.29, 0.717) is 10.7 Å². The number of aromatic nitrogens is 2. The highest BCUT2D eigenvalue weighted by molar-refractivity contribution is 7.95. The van der Waals surface area contributed by atoms with Crippen LogP contribution in [0.2, 0.25) is 5.02 Å². The van der Waals surface area contributed by atoms with E-state index in [0.717, 1.165) is 22.4 Å². The van der Waals surface area contributed by atoms with Crippen molar-refractivity contribution in [1.82, 2.24) is 9.78 Å². The van der Waals surface area contributed by atoms with Crippen LogP contribution in [0.25, 0.3) is 11.8 Å². The minimum atomic E-state index is -3.63. The molecular weight excluding hydrogens is 358 g/mol. The van der Waals surface area contributed by atoms with Gasteiger partial charge in [-0.2, -0.15) is 5.10 Å². The van der Waals surface area contributed by atoms with Crippen molar-refractivity contribution in [2.24, 2.45) is 0 Å². The molecule has 3 rings (SSSR count). The van der Waals surface area contributed by atoms with Gasteiger partial charge in [-0.25, -0.2) is 13.1 Å². The first-order valence-corrected chi connectivity index (χ1v) is 9.43. The summed E-state index contributed by atoms with van der Waals surface area (Å²) in [7, 11) is -3.63. The van der Waals surface area contributed by atoms with Crippen LogP contribution in [0.1, 0.15) is 11.3 Å². The molecular formula is C18H16ClN3O2S. The fourth-order valence-electron chi connectivity index (χ4n) is 2.28. The number of hydrogen-bond acceptors (Lipinski definition) is 3. The Kier molecular flexibility index (Phi) is 4.92. The largest absolute Gasteiger partial charge is 0.280 e. The Morgan fingerprint density at radius 1 is 1.12 bits per heavy atom. The number of halogens is 1. The summed E-state index contributed by atoms with van der Waals surface area (Å²) in [5, 5.41) is 5.95. The van der Waals surface area contributed by atoms with Gasteiger partial charge in [0, 0.05) is 16.9 Å². The number of sulfonamides is 1. The van der Waals surface area contributed by atoms with Gasteiger partial charge < -0.3 is 0 Å². The number of hydrogen-bond donors (Lipinski definition) is 1. The summed E-state index contributed by atoms with van der Waals surface area (Å²) in [5.41, 5.74) is 2.95. The first-order valence-electron chi connectivity index (χ1n) is 7.50. The monoisotopic (exact) mass is 373 g/mol. The molecule has 0 spiro atoms. The third-order valence-electron chi connectivity index (χ3n) is 3.49. The average molecular weight is 374 g/mol. The van der Waals surface area contributed by atoms with Crippen LogP contribution in [0.15, 0.2) is 66.2 Å². The van der Waals surface area contributed by atoms with Crippen molar-refractivity contribution < 1.29 is 8.42 Å². The zero-order valence-corrected chi connectivity index (χ0v) is 15.0. The van der Waals surface area contributed by atoms with Crippen LogP contribution in [0.3, 0.4) is 0 Å². The zero-order chi connectivity index (χ0) is 17.9. The molecule has 7 heteroatoms. The maximum absolute atomic E-state index is 12.3.